The number of aliphatic hydroxyl groups excluding tert-OH is 1. The largest absolute Gasteiger partial charge is 0.388 e. The molecule has 3 aromatic rings. The number of aryl methyl sites for hydroxylation is 2. The summed E-state index contributed by atoms with van der Waals surface area (Å²) in [4.78, 5) is 19.4. The summed E-state index contributed by atoms with van der Waals surface area (Å²) in [6, 6.07) is 16.5. The smallest absolute Gasteiger partial charge is 0.224 e. The zero-order chi connectivity index (χ0) is 19.5. The van der Waals surface area contributed by atoms with Crippen LogP contribution in [0.3, 0.4) is 0 Å². The molecular weight excluding hydrogens is 350 g/mol. The van der Waals surface area contributed by atoms with Crippen molar-refractivity contribution in [3.63, 3.8) is 0 Å². The monoisotopic (exact) mass is 377 g/mol. The molecule has 1 aliphatic heterocycles. The molecule has 28 heavy (non-hydrogen) atoms. The number of nitrogens with zero attached hydrogens (tertiary/aromatic N) is 3. The molecule has 4 rings (SSSR count). The minimum absolute atomic E-state index is 0.123. The lowest BCUT2D eigenvalue weighted by molar-refractivity contribution is -0.132. The molecule has 1 saturated heterocycles. The van der Waals surface area contributed by atoms with Gasteiger partial charge >= 0.3 is 0 Å². The second kappa shape index (κ2) is 8.15. The van der Waals surface area contributed by atoms with Crippen LogP contribution in [0.4, 0.5) is 0 Å². The molecule has 0 spiro atoms. The van der Waals surface area contributed by atoms with Gasteiger partial charge in [0.2, 0.25) is 5.91 Å². The zero-order valence-electron chi connectivity index (χ0n) is 16.3. The van der Waals surface area contributed by atoms with Crippen LogP contribution < -0.4 is 0 Å². The molecule has 0 saturated carbocycles. The molecule has 1 amide bonds. The molecule has 5 nitrogen and oxygen atoms in total. The summed E-state index contributed by atoms with van der Waals surface area (Å²) in [5, 5.41) is 9.64. The minimum Gasteiger partial charge on any atom is -0.388 e. The third kappa shape index (κ3) is 3.80. The predicted molar refractivity (Wildman–Crippen MR) is 110 cm³/mol. The third-order valence-electron chi connectivity index (χ3n) is 5.71. The van der Waals surface area contributed by atoms with Crippen molar-refractivity contribution in [2.75, 3.05) is 13.1 Å². The summed E-state index contributed by atoms with van der Waals surface area (Å²) < 4.78 is 1.97. The zero-order valence-corrected chi connectivity index (χ0v) is 16.3. The Hall–Kier alpha value is -2.66. The van der Waals surface area contributed by atoms with Crippen molar-refractivity contribution in [2.45, 2.75) is 45.3 Å². The number of carbonyl (C=O) groups excluding carboxylic acids is 1. The van der Waals surface area contributed by atoms with Gasteiger partial charge in [-0.1, -0.05) is 42.0 Å². The van der Waals surface area contributed by atoms with Crippen LogP contribution in [-0.2, 0) is 17.9 Å². The van der Waals surface area contributed by atoms with Gasteiger partial charge in [0.05, 0.1) is 11.0 Å². The maximum absolute atomic E-state index is 12.9. The molecule has 0 bridgehead atoms. The Morgan fingerprint density at radius 1 is 1.21 bits per heavy atom. The number of piperidine rings is 1. The SMILES string of the molecule is Cc1cccc([C@@H]2CCCN(C(=O)CCn3c(CO)nc4ccccc43)C2)c1. The van der Waals surface area contributed by atoms with Crippen LogP contribution in [0.15, 0.2) is 48.5 Å². The van der Waals surface area contributed by atoms with Gasteiger partial charge in [0, 0.05) is 32.0 Å². The highest BCUT2D eigenvalue weighted by atomic mass is 16.3. The first kappa shape index (κ1) is 18.7. The molecule has 1 aromatic heterocycles. The van der Waals surface area contributed by atoms with E-state index < -0.39 is 0 Å². The summed E-state index contributed by atoms with van der Waals surface area (Å²) in [5.74, 6) is 1.21. The van der Waals surface area contributed by atoms with E-state index in [1.165, 1.54) is 11.1 Å². The number of hydrogen-bond donors (Lipinski definition) is 1. The van der Waals surface area contributed by atoms with Gasteiger partial charge < -0.3 is 14.6 Å². The Kier molecular flexibility index (Phi) is 5.44. The first-order valence-corrected chi connectivity index (χ1v) is 10.0. The number of para-hydroxylation sites is 2. The average Bonchev–Trinajstić information content (AvgIpc) is 3.10. The fourth-order valence-corrected chi connectivity index (χ4v) is 4.26. The number of carbonyl (C=O) groups is 1. The predicted octanol–water partition coefficient (Wildman–Crippen LogP) is 3.63. The van der Waals surface area contributed by atoms with E-state index in [2.05, 4.69) is 36.2 Å². The van der Waals surface area contributed by atoms with Crippen LogP contribution in [0, 0.1) is 6.92 Å². The number of likely N-dealkylation sites (tertiary alicyclic amines) is 1. The fourth-order valence-electron chi connectivity index (χ4n) is 4.26. The number of benzene rings is 2. The molecule has 2 heterocycles. The second-order valence-electron chi connectivity index (χ2n) is 7.67. The van der Waals surface area contributed by atoms with Gasteiger partial charge in [-0.05, 0) is 37.5 Å². The van der Waals surface area contributed by atoms with Crippen LogP contribution in [0.25, 0.3) is 11.0 Å². The summed E-state index contributed by atoms with van der Waals surface area (Å²) in [6.07, 6.45) is 2.60. The maximum Gasteiger partial charge on any atom is 0.224 e. The number of rotatable bonds is 5. The van der Waals surface area contributed by atoms with Gasteiger partial charge in [-0.25, -0.2) is 4.98 Å². The second-order valence-corrected chi connectivity index (χ2v) is 7.67. The highest BCUT2D eigenvalue weighted by Crippen LogP contribution is 2.28. The van der Waals surface area contributed by atoms with E-state index in [0.717, 1.165) is 37.0 Å². The lowest BCUT2D eigenvalue weighted by Crippen LogP contribution is -2.39. The van der Waals surface area contributed by atoms with Gasteiger partial charge in [0.1, 0.15) is 12.4 Å². The summed E-state index contributed by atoms with van der Waals surface area (Å²) in [5.41, 5.74) is 4.43. The van der Waals surface area contributed by atoms with Crippen molar-refractivity contribution in [1.29, 1.82) is 0 Å². The van der Waals surface area contributed by atoms with E-state index >= 15 is 0 Å². The summed E-state index contributed by atoms with van der Waals surface area (Å²) >= 11 is 0. The number of aromatic nitrogens is 2. The van der Waals surface area contributed by atoms with Gasteiger partial charge in [-0.15, -0.1) is 0 Å². The molecular formula is C23H27N3O2. The highest BCUT2D eigenvalue weighted by Gasteiger charge is 2.25. The van der Waals surface area contributed by atoms with Crippen molar-refractivity contribution < 1.29 is 9.90 Å². The molecule has 1 fully saturated rings. The maximum atomic E-state index is 12.9. The van der Waals surface area contributed by atoms with Gasteiger partial charge in [0.15, 0.2) is 0 Å². The summed E-state index contributed by atoms with van der Waals surface area (Å²) in [7, 11) is 0. The van der Waals surface area contributed by atoms with Crippen molar-refractivity contribution in [2.24, 2.45) is 0 Å². The molecule has 1 N–H and O–H groups in total. The molecule has 0 unspecified atom stereocenters. The quantitative estimate of drug-likeness (QED) is 0.739. The Morgan fingerprint density at radius 2 is 2.07 bits per heavy atom. The van der Waals surface area contributed by atoms with E-state index in [1.54, 1.807) is 0 Å². The average molecular weight is 377 g/mol. The molecule has 146 valence electrons. The number of imidazole rings is 1. The van der Waals surface area contributed by atoms with E-state index in [1.807, 2.05) is 33.7 Å². The standard InChI is InChI=1S/C23H27N3O2/c1-17-6-4-7-18(14-17)19-8-5-12-25(15-19)23(28)11-13-26-21-10-3-2-9-20(21)24-22(26)16-27/h2-4,6-7,9-10,14,19,27H,5,8,11-13,15-16H2,1H3/t19-/m1/s1. The topological polar surface area (TPSA) is 58.4 Å². The molecule has 1 aliphatic rings. The van der Waals surface area contributed by atoms with Crippen molar-refractivity contribution >= 4 is 16.9 Å². The van der Waals surface area contributed by atoms with Gasteiger partial charge in [0.25, 0.3) is 0 Å². The molecule has 2 aromatic carbocycles. The Bertz CT molecular complexity index is 979. The Morgan fingerprint density at radius 3 is 2.89 bits per heavy atom. The molecule has 1 atom stereocenters. The summed E-state index contributed by atoms with van der Waals surface area (Å²) in [6.45, 7) is 4.16. The minimum atomic E-state index is -0.123. The number of fused-ring (bicyclic) bond motifs is 1. The third-order valence-corrected chi connectivity index (χ3v) is 5.71. The van der Waals surface area contributed by atoms with E-state index in [4.69, 9.17) is 0 Å². The lowest BCUT2D eigenvalue weighted by atomic mass is 9.89. The number of amides is 1. The first-order valence-electron chi connectivity index (χ1n) is 10.0. The molecule has 5 heteroatoms. The van der Waals surface area contributed by atoms with Crippen LogP contribution in [0.2, 0.25) is 0 Å². The Balaban J connectivity index is 1.44. The van der Waals surface area contributed by atoms with Gasteiger partial charge in [-0.2, -0.15) is 0 Å². The van der Waals surface area contributed by atoms with Crippen molar-refractivity contribution in [3.05, 3.63) is 65.5 Å². The fraction of sp³-hybridized carbons (Fsp3) is 0.391. The van der Waals surface area contributed by atoms with Crippen LogP contribution >= 0.6 is 0 Å². The highest BCUT2D eigenvalue weighted by molar-refractivity contribution is 5.78. The van der Waals surface area contributed by atoms with Gasteiger partial charge in [-0.3, -0.25) is 4.79 Å². The van der Waals surface area contributed by atoms with Crippen molar-refractivity contribution in [1.82, 2.24) is 14.5 Å². The van der Waals surface area contributed by atoms with E-state index in [9.17, 15) is 9.90 Å². The van der Waals surface area contributed by atoms with Crippen LogP contribution in [0.1, 0.15) is 42.1 Å². The normalized spacial score (nSPS) is 17.2. The van der Waals surface area contributed by atoms with Crippen LogP contribution in [0.5, 0.6) is 0 Å². The van der Waals surface area contributed by atoms with E-state index in [0.29, 0.717) is 24.7 Å². The lowest BCUT2D eigenvalue weighted by Gasteiger charge is -2.33. The number of hydrogen-bond acceptors (Lipinski definition) is 3. The van der Waals surface area contributed by atoms with Crippen molar-refractivity contribution in [3.8, 4) is 0 Å². The first-order chi connectivity index (χ1) is 13.7. The Labute approximate surface area is 165 Å². The number of aliphatic hydroxyl groups is 1. The molecule has 0 radical (unpaired) electrons. The molecule has 0 aliphatic carbocycles. The van der Waals surface area contributed by atoms with E-state index in [-0.39, 0.29) is 12.5 Å². The van der Waals surface area contributed by atoms with Crippen LogP contribution in [-0.4, -0.2) is 38.6 Å².